The molecular weight excluding hydrogens is 296 g/mol. The van der Waals surface area contributed by atoms with Gasteiger partial charge in [-0.2, -0.15) is 0 Å². The second-order valence-corrected chi connectivity index (χ2v) is 6.47. The lowest BCUT2D eigenvalue weighted by Crippen LogP contribution is -2.23. The number of aryl methyl sites for hydroxylation is 1. The third kappa shape index (κ3) is 3.85. The topological polar surface area (TPSA) is 43.4 Å². The quantitative estimate of drug-likeness (QED) is 0.795. The first kappa shape index (κ1) is 15.5. The number of thiophene rings is 1. The standard InChI is InChI=1S/C17H22N2O2S/c1-20-8-9-21-17-6-5-13(12-19-17)11-18-15-3-2-4-16-14(15)7-10-22-16/h5-7,10,12,15,18H,2-4,8-9,11H2,1H3. The van der Waals surface area contributed by atoms with Gasteiger partial charge in [0.1, 0.15) is 6.61 Å². The van der Waals surface area contributed by atoms with Crippen LogP contribution in [0.1, 0.15) is 34.9 Å². The van der Waals surface area contributed by atoms with Gasteiger partial charge in [0.15, 0.2) is 0 Å². The van der Waals surface area contributed by atoms with Gasteiger partial charge in [-0.3, -0.25) is 0 Å². The molecule has 4 nitrogen and oxygen atoms in total. The van der Waals surface area contributed by atoms with Gasteiger partial charge in [-0.1, -0.05) is 6.07 Å². The predicted octanol–water partition coefficient (Wildman–Crippen LogP) is 3.34. The molecule has 1 aliphatic rings. The summed E-state index contributed by atoms with van der Waals surface area (Å²) in [7, 11) is 1.66. The Morgan fingerprint density at radius 3 is 3.09 bits per heavy atom. The van der Waals surface area contributed by atoms with Crippen molar-refractivity contribution in [3.05, 3.63) is 45.8 Å². The molecule has 5 heteroatoms. The third-order valence-corrected chi connectivity index (χ3v) is 4.94. The van der Waals surface area contributed by atoms with E-state index in [9.17, 15) is 0 Å². The second kappa shape index (κ2) is 7.72. The first-order valence-electron chi connectivity index (χ1n) is 7.73. The first-order valence-corrected chi connectivity index (χ1v) is 8.61. The third-order valence-electron chi connectivity index (χ3n) is 3.94. The summed E-state index contributed by atoms with van der Waals surface area (Å²) in [5, 5.41) is 5.86. The number of rotatable bonds is 7. The zero-order chi connectivity index (χ0) is 15.2. The zero-order valence-corrected chi connectivity index (χ0v) is 13.7. The molecule has 1 aliphatic carbocycles. The molecule has 1 unspecified atom stereocenters. The molecule has 0 saturated heterocycles. The van der Waals surface area contributed by atoms with E-state index in [4.69, 9.17) is 9.47 Å². The average Bonchev–Trinajstić information content (AvgIpc) is 3.03. The molecule has 118 valence electrons. The Bertz CT molecular complexity index is 583. The molecule has 0 radical (unpaired) electrons. The predicted molar refractivity (Wildman–Crippen MR) is 88.4 cm³/mol. The van der Waals surface area contributed by atoms with Crippen LogP contribution in [0.5, 0.6) is 5.88 Å². The van der Waals surface area contributed by atoms with E-state index in [1.165, 1.54) is 30.4 Å². The first-order chi connectivity index (χ1) is 10.9. The zero-order valence-electron chi connectivity index (χ0n) is 12.9. The van der Waals surface area contributed by atoms with E-state index in [1.54, 1.807) is 12.0 Å². The summed E-state index contributed by atoms with van der Waals surface area (Å²) in [6, 6.07) is 6.73. The van der Waals surface area contributed by atoms with E-state index in [1.807, 2.05) is 23.6 Å². The summed E-state index contributed by atoms with van der Waals surface area (Å²) in [5.74, 6) is 0.651. The van der Waals surface area contributed by atoms with Crippen LogP contribution in [0.15, 0.2) is 29.8 Å². The monoisotopic (exact) mass is 318 g/mol. The van der Waals surface area contributed by atoms with Crippen molar-refractivity contribution >= 4 is 11.3 Å². The molecule has 3 rings (SSSR count). The minimum absolute atomic E-state index is 0.479. The summed E-state index contributed by atoms with van der Waals surface area (Å²) in [6.07, 6.45) is 5.61. The molecule has 0 bridgehead atoms. The Labute approximate surface area is 135 Å². The van der Waals surface area contributed by atoms with Crippen molar-refractivity contribution < 1.29 is 9.47 Å². The Kier molecular flexibility index (Phi) is 5.43. The normalized spacial score (nSPS) is 17.2. The number of aromatic nitrogens is 1. The molecular formula is C17H22N2O2S. The summed E-state index contributed by atoms with van der Waals surface area (Å²) in [6.45, 7) is 1.95. The molecule has 2 heterocycles. The minimum Gasteiger partial charge on any atom is -0.475 e. The Morgan fingerprint density at radius 2 is 2.27 bits per heavy atom. The Hall–Kier alpha value is -1.43. The summed E-state index contributed by atoms with van der Waals surface area (Å²) in [5.41, 5.74) is 2.67. The summed E-state index contributed by atoms with van der Waals surface area (Å²) >= 11 is 1.88. The van der Waals surface area contributed by atoms with E-state index < -0.39 is 0 Å². The van der Waals surface area contributed by atoms with Crippen LogP contribution >= 0.6 is 11.3 Å². The van der Waals surface area contributed by atoms with E-state index in [0.29, 0.717) is 25.1 Å². The van der Waals surface area contributed by atoms with Crippen molar-refractivity contribution in [3.8, 4) is 5.88 Å². The van der Waals surface area contributed by atoms with Gasteiger partial charge < -0.3 is 14.8 Å². The SMILES string of the molecule is COCCOc1ccc(CNC2CCCc3sccc32)cn1. The second-order valence-electron chi connectivity index (χ2n) is 5.47. The smallest absolute Gasteiger partial charge is 0.213 e. The molecule has 1 atom stereocenters. The minimum atomic E-state index is 0.479. The highest BCUT2D eigenvalue weighted by atomic mass is 32.1. The highest BCUT2D eigenvalue weighted by Crippen LogP contribution is 2.33. The van der Waals surface area contributed by atoms with Gasteiger partial charge in [0.05, 0.1) is 6.61 Å². The van der Waals surface area contributed by atoms with Crippen LogP contribution in [-0.2, 0) is 17.7 Å². The average molecular weight is 318 g/mol. The van der Waals surface area contributed by atoms with Gasteiger partial charge in [0.2, 0.25) is 5.88 Å². The van der Waals surface area contributed by atoms with Crippen molar-refractivity contribution in [3.63, 3.8) is 0 Å². The van der Waals surface area contributed by atoms with E-state index in [-0.39, 0.29) is 0 Å². The van der Waals surface area contributed by atoms with Crippen LogP contribution in [0.3, 0.4) is 0 Å². The number of nitrogens with zero attached hydrogens (tertiary/aromatic N) is 1. The molecule has 0 saturated carbocycles. The van der Waals surface area contributed by atoms with Crippen molar-refractivity contribution in [1.82, 2.24) is 10.3 Å². The lowest BCUT2D eigenvalue weighted by atomic mass is 9.94. The maximum absolute atomic E-state index is 5.48. The molecule has 1 N–H and O–H groups in total. The highest BCUT2D eigenvalue weighted by molar-refractivity contribution is 7.10. The summed E-state index contributed by atoms with van der Waals surface area (Å²) < 4.78 is 10.4. The number of nitrogens with one attached hydrogen (secondary N) is 1. The maximum Gasteiger partial charge on any atom is 0.213 e. The Balaban J connectivity index is 1.52. The van der Waals surface area contributed by atoms with Gasteiger partial charge in [0, 0.05) is 36.8 Å². The van der Waals surface area contributed by atoms with E-state index >= 15 is 0 Å². The van der Waals surface area contributed by atoms with Gasteiger partial charge in [0.25, 0.3) is 0 Å². The van der Waals surface area contributed by atoms with Crippen molar-refractivity contribution in [2.24, 2.45) is 0 Å². The van der Waals surface area contributed by atoms with Crippen LogP contribution in [0.2, 0.25) is 0 Å². The molecule has 2 aromatic rings. The molecule has 0 amide bonds. The van der Waals surface area contributed by atoms with E-state index in [0.717, 1.165) is 6.54 Å². The lowest BCUT2D eigenvalue weighted by molar-refractivity contribution is 0.143. The fraction of sp³-hybridized carbons (Fsp3) is 0.471. The van der Waals surface area contributed by atoms with Gasteiger partial charge in [-0.15, -0.1) is 11.3 Å². The molecule has 0 fully saturated rings. The number of methoxy groups -OCH3 is 1. The molecule has 22 heavy (non-hydrogen) atoms. The van der Waals surface area contributed by atoms with Gasteiger partial charge in [-0.05, 0) is 41.8 Å². The van der Waals surface area contributed by atoms with Crippen LogP contribution in [0, 0.1) is 0 Å². The van der Waals surface area contributed by atoms with Gasteiger partial charge in [-0.25, -0.2) is 4.98 Å². The number of hydrogen-bond donors (Lipinski definition) is 1. The largest absolute Gasteiger partial charge is 0.475 e. The Morgan fingerprint density at radius 1 is 1.32 bits per heavy atom. The molecule has 0 spiro atoms. The maximum atomic E-state index is 5.48. The molecule has 0 aliphatic heterocycles. The lowest BCUT2D eigenvalue weighted by Gasteiger charge is -2.23. The number of fused-ring (bicyclic) bond motifs is 1. The molecule has 2 aromatic heterocycles. The van der Waals surface area contributed by atoms with E-state index in [2.05, 4.69) is 27.8 Å². The fourth-order valence-corrected chi connectivity index (χ4v) is 3.76. The highest BCUT2D eigenvalue weighted by Gasteiger charge is 2.20. The van der Waals surface area contributed by atoms with Crippen LogP contribution in [0.25, 0.3) is 0 Å². The van der Waals surface area contributed by atoms with Crippen LogP contribution in [0.4, 0.5) is 0 Å². The fourth-order valence-electron chi connectivity index (χ4n) is 2.77. The van der Waals surface area contributed by atoms with Crippen molar-refractivity contribution in [2.75, 3.05) is 20.3 Å². The van der Waals surface area contributed by atoms with Crippen molar-refractivity contribution in [2.45, 2.75) is 31.8 Å². The number of pyridine rings is 1. The number of hydrogen-bond acceptors (Lipinski definition) is 5. The van der Waals surface area contributed by atoms with Crippen LogP contribution in [-0.4, -0.2) is 25.3 Å². The summed E-state index contributed by atoms with van der Waals surface area (Å²) in [4.78, 5) is 5.88. The number of ether oxygens (including phenoxy) is 2. The molecule has 0 aromatic carbocycles. The van der Waals surface area contributed by atoms with Gasteiger partial charge >= 0.3 is 0 Å². The van der Waals surface area contributed by atoms with Crippen molar-refractivity contribution in [1.29, 1.82) is 0 Å². The van der Waals surface area contributed by atoms with Crippen LogP contribution < -0.4 is 10.1 Å².